The molecule has 3 atom stereocenters. The average Bonchev–Trinajstić information content (AvgIpc) is 2.70. The molecule has 1 aliphatic rings. The van der Waals surface area contributed by atoms with Gasteiger partial charge in [0, 0.05) is 25.8 Å². The molecule has 0 aliphatic carbocycles. The highest BCUT2D eigenvalue weighted by molar-refractivity contribution is 4.78. The minimum Gasteiger partial charge on any atom is -0.380 e. The number of hydrogen-bond donors (Lipinski definition) is 1. The van der Waals surface area contributed by atoms with Gasteiger partial charge in [-0.05, 0) is 32.6 Å². The molecule has 1 aliphatic heterocycles. The summed E-state index contributed by atoms with van der Waals surface area (Å²) >= 11 is 0. The Balaban J connectivity index is 2.12. The first kappa shape index (κ1) is 12.9. The van der Waals surface area contributed by atoms with E-state index in [4.69, 9.17) is 9.47 Å². The standard InChI is InChI=1S/C12H25NO2/c1-4-12-11(6-7-15-12)8-13-10(3)9-14-5-2/h10-13H,4-9H2,1-3H3. The van der Waals surface area contributed by atoms with Crippen LogP contribution in [0.25, 0.3) is 0 Å². The summed E-state index contributed by atoms with van der Waals surface area (Å²) < 4.78 is 11.0. The molecule has 0 spiro atoms. The van der Waals surface area contributed by atoms with Crippen LogP contribution in [0.15, 0.2) is 0 Å². The van der Waals surface area contributed by atoms with Crippen LogP contribution in [0.3, 0.4) is 0 Å². The van der Waals surface area contributed by atoms with Crippen LogP contribution in [-0.4, -0.2) is 38.5 Å². The highest BCUT2D eigenvalue weighted by Crippen LogP contribution is 2.22. The quantitative estimate of drug-likeness (QED) is 0.702. The molecule has 0 aromatic rings. The molecule has 1 fully saturated rings. The predicted octanol–water partition coefficient (Wildman–Crippen LogP) is 1.82. The second kappa shape index (κ2) is 7.20. The first-order valence-electron chi connectivity index (χ1n) is 6.20. The van der Waals surface area contributed by atoms with Crippen LogP contribution in [0.2, 0.25) is 0 Å². The first-order chi connectivity index (χ1) is 7.27. The van der Waals surface area contributed by atoms with Gasteiger partial charge in [0.2, 0.25) is 0 Å². The van der Waals surface area contributed by atoms with Gasteiger partial charge in [-0.3, -0.25) is 0 Å². The lowest BCUT2D eigenvalue weighted by molar-refractivity contribution is 0.0837. The Labute approximate surface area is 93.5 Å². The lowest BCUT2D eigenvalue weighted by Gasteiger charge is -2.20. The van der Waals surface area contributed by atoms with Gasteiger partial charge < -0.3 is 14.8 Å². The molecule has 0 aromatic carbocycles. The van der Waals surface area contributed by atoms with E-state index < -0.39 is 0 Å². The molecule has 3 unspecified atom stereocenters. The third kappa shape index (κ3) is 4.49. The molecule has 1 saturated heterocycles. The molecule has 0 bridgehead atoms. The van der Waals surface area contributed by atoms with Gasteiger partial charge in [-0.1, -0.05) is 6.92 Å². The largest absolute Gasteiger partial charge is 0.380 e. The number of ether oxygens (including phenoxy) is 2. The molecule has 15 heavy (non-hydrogen) atoms. The summed E-state index contributed by atoms with van der Waals surface area (Å²) in [6.07, 6.45) is 2.80. The van der Waals surface area contributed by atoms with Crippen molar-refractivity contribution in [3.63, 3.8) is 0 Å². The van der Waals surface area contributed by atoms with E-state index in [1.807, 2.05) is 6.92 Å². The lowest BCUT2D eigenvalue weighted by Crippen LogP contribution is -2.36. The predicted molar refractivity (Wildman–Crippen MR) is 62.1 cm³/mol. The van der Waals surface area contributed by atoms with Crippen molar-refractivity contribution in [3.8, 4) is 0 Å². The third-order valence-electron chi connectivity index (χ3n) is 3.05. The zero-order chi connectivity index (χ0) is 11.1. The molecule has 0 amide bonds. The van der Waals surface area contributed by atoms with Gasteiger partial charge in [0.05, 0.1) is 12.7 Å². The van der Waals surface area contributed by atoms with Crippen molar-refractivity contribution in [1.29, 1.82) is 0 Å². The third-order valence-corrected chi connectivity index (χ3v) is 3.05. The van der Waals surface area contributed by atoms with Crippen LogP contribution < -0.4 is 5.32 Å². The molecule has 1 N–H and O–H groups in total. The summed E-state index contributed by atoms with van der Waals surface area (Å²) in [6.45, 7) is 10.0. The topological polar surface area (TPSA) is 30.5 Å². The molecular weight excluding hydrogens is 190 g/mol. The molecule has 3 nitrogen and oxygen atoms in total. The van der Waals surface area contributed by atoms with Gasteiger partial charge in [-0.25, -0.2) is 0 Å². The molecule has 1 rings (SSSR count). The van der Waals surface area contributed by atoms with Crippen molar-refractivity contribution in [1.82, 2.24) is 5.32 Å². The maximum absolute atomic E-state index is 5.66. The summed E-state index contributed by atoms with van der Waals surface area (Å²) in [5.41, 5.74) is 0. The number of hydrogen-bond acceptors (Lipinski definition) is 3. The van der Waals surface area contributed by atoms with Crippen LogP contribution in [-0.2, 0) is 9.47 Å². The molecule has 0 aromatic heterocycles. The van der Waals surface area contributed by atoms with Crippen LogP contribution in [0, 0.1) is 5.92 Å². The van der Waals surface area contributed by atoms with E-state index in [0.29, 0.717) is 18.1 Å². The van der Waals surface area contributed by atoms with E-state index in [0.717, 1.165) is 32.8 Å². The van der Waals surface area contributed by atoms with E-state index >= 15 is 0 Å². The van der Waals surface area contributed by atoms with Gasteiger partial charge in [-0.15, -0.1) is 0 Å². The Morgan fingerprint density at radius 1 is 1.47 bits per heavy atom. The summed E-state index contributed by atoms with van der Waals surface area (Å²) in [5, 5.41) is 3.52. The average molecular weight is 215 g/mol. The second-order valence-corrected chi connectivity index (χ2v) is 4.34. The highest BCUT2D eigenvalue weighted by atomic mass is 16.5. The highest BCUT2D eigenvalue weighted by Gasteiger charge is 2.26. The van der Waals surface area contributed by atoms with E-state index in [-0.39, 0.29) is 0 Å². The maximum Gasteiger partial charge on any atom is 0.0616 e. The minimum atomic E-state index is 0.447. The summed E-state index contributed by atoms with van der Waals surface area (Å²) in [5.74, 6) is 0.694. The van der Waals surface area contributed by atoms with E-state index in [1.54, 1.807) is 0 Å². The smallest absolute Gasteiger partial charge is 0.0616 e. The SMILES string of the molecule is CCOCC(C)NCC1CCOC1CC. The van der Waals surface area contributed by atoms with Crippen LogP contribution in [0.5, 0.6) is 0 Å². The fourth-order valence-electron chi connectivity index (χ4n) is 2.08. The molecule has 3 heteroatoms. The van der Waals surface area contributed by atoms with Crippen molar-refractivity contribution >= 4 is 0 Å². The van der Waals surface area contributed by atoms with Crippen molar-refractivity contribution in [2.24, 2.45) is 5.92 Å². The van der Waals surface area contributed by atoms with Gasteiger partial charge in [0.25, 0.3) is 0 Å². The van der Waals surface area contributed by atoms with E-state index in [1.165, 1.54) is 6.42 Å². The van der Waals surface area contributed by atoms with Gasteiger partial charge in [-0.2, -0.15) is 0 Å². The second-order valence-electron chi connectivity index (χ2n) is 4.34. The monoisotopic (exact) mass is 215 g/mol. The van der Waals surface area contributed by atoms with Crippen LogP contribution in [0.4, 0.5) is 0 Å². The summed E-state index contributed by atoms with van der Waals surface area (Å²) in [7, 11) is 0. The lowest BCUT2D eigenvalue weighted by atomic mass is 9.99. The Hall–Kier alpha value is -0.120. The number of nitrogens with one attached hydrogen (secondary N) is 1. The zero-order valence-corrected chi connectivity index (χ0v) is 10.3. The molecule has 1 heterocycles. The molecule has 90 valence electrons. The zero-order valence-electron chi connectivity index (χ0n) is 10.3. The minimum absolute atomic E-state index is 0.447. The van der Waals surface area contributed by atoms with Crippen molar-refractivity contribution < 1.29 is 9.47 Å². The fourth-order valence-corrected chi connectivity index (χ4v) is 2.08. The maximum atomic E-state index is 5.66. The Morgan fingerprint density at radius 3 is 2.93 bits per heavy atom. The molecule has 0 saturated carbocycles. The van der Waals surface area contributed by atoms with Gasteiger partial charge >= 0.3 is 0 Å². The van der Waals surface area contributed by atoms with E-state index in [9.17, 15) is 0 Å². The van der Waals surface area contributed by atoms with Crippen molar-refractivity contribution in [2.45, 2.75) is 45.8 Å². The summed E-state index contributed by atoms with van der Waals surface area (Å²) in [4.78, 5) is 0. The van der Waals surface area contributed by atoms with E-state index in [2.05, 4.69) is 19.2 Å². The van der Waals surface area contributed by atoms with Gasteiger partial charge in [0.15, 0.2) is 0 Å². The normalized spacial score (nSPS) is 28.2. The summed E-state index contributed by atoms with van der Waals surface area (Å²) in [6, 6.07) is 0.447. The van der Waals surface area contributed by atoms with Crippen molar-refractivity contribution in [3.05, 3.63) is 0 Å². The molecule has 0 radical (unpaired) electrons. The number of rotatable bonds is 7. The molecular formula is C12H25NO2. The first-order valence-corrected chi connectivity index (χ1v) is 6.20. The van der Waals surface area contributed by atoms with Crippen LogP contribution >= 0.6 is 0 Å². The Kier molecular flexibility index (Phi) is 6.22. The Morgan fingerprint density at radius 2 is 2.27 bits per heavy atom. The fraction of sp³-hybridized carbons (Fsp3) is 1.00. The Bertz CT molecular complexity index is 164. The van der Waals surface area contributed by atoms with Crippen molar-refractivity contribution in [2.75, 3.05) is 26.4 Å². The van der Waals surface area contributed by atoms with Gasteiger partial charge in [0.1, 0.15) is 0 Å². The van der Waals surface area contributed by atoms with Crippen LogP contribution in [0.1, 0.15) is 33.6 Å².